The van der Waals surface area contributed by atoms with Crippen LogP contribution in [-0.2, 0) is 18.6 Å². The van der Waals surface area contributed by atoms with Crippen molar-refractivity contribution in [3.63, 3.8) is 0 Å². The predicted octanol–water partition coefficient (Wildman–Crippen LogP) is 4.04. The van der Waals surface area contributed by atoms with Crippen LogP contribution in [-0.4, -0.2) is 27.8 Å². The minimum atomic E-state index is -4.79. The van der Waals surface area contributed by atoms with Crippen LogP contribution in [0.2, 0.25) is 0 Å². The molecule has 0 aliphatic carbocycles. The summed E-state index contributed by atoms with van der Waals surface area (Å²) in [4.78, 5) is 1.76. The number of hydrogen-bond donors (Lipinski definition) is 2. The molecule has 2 aromatic rings. The molecule has 28 heavy (non-hydrogen) atoms. The Labute approximate surface area is 162 Å². The van der Waals surface area contributed by atoms with Gasteiger partial charge in [-0.1, -0.05) is 55.5 Å². The van der Waals surface area contributed by atoms with Crippen molar-refractivity contribution >= 4 is 0 Å². The molecule has 2 N–H and O–H groups in total. The second-order valence-corrected chi connectivity index (χ2v) is 6.78. The molecule has 0 heterocycles. The second kappa shape index (κ2) is 8.74. The van der Waals surface area contributed by atoms with Crippen molar-refractivity contribution in [3.05, 3.63) is 70.8 Å². The van der Waals surface area contributed by atoms with Crippen molar-refractivity contribution in [2.75, 3.05) is 6.54 Å². The van der Waals surface area contributed by atoms with Crippen LogP contribution in [0.1, 0.15) is 42.3 Å². The number of hydrogen-bond acceptors (Lipinski definition) is 4. The molecule has 0 radical (unpaired) electrons. The summed E-state index contributed by atoms with van der Waals surface area (Å²) in [5, 5.41) is 29.1. The van der Waals surface area contributed by atoms with Gasteiger partial charge in [0.25, 0.3) is 0 Å². The molecule has 0 amide bonds. The van der Waals surface area contributed by atoms with Crippen molar-refractivity contribution in [3.8, 4) is 6.07 Å². The SMILES string of the molecule is CCN(Cc1ccc(CC#N)cc1)C(O)c1ccc(C(C)(O)C(F)(F)F)cc1. The summed E-state index contributed by atoms with van der Waals surface area (Å²) in [6.45, 7) is 3.53. The van der Waals surface area contributed by atoms with Gasteiger partial charge in [-0.15, -0.1) is 0 Å². The average Bonchev–Trinajstić information content (AvgIpc) is 2.66. The van der Waals surface area contributed by atoms with E-state index in [0.29, 0.717) is 32.0 Å². The minimum absolute atomic E-state index is 0.285. The third-order valence-corrected chi connectivity index (χ3v) is 4.77. The van der Waals surface area contributed by atoms with E-state index in [1.807, 2.05) is 31.2 Å². The van der Waals surface area contributed by atoms with Crippen molar-refractivity contribution < 1.29 is 23.4 Å². The van der Waals surface area contributed by atoms with Gasteiger partial charge < -0.3 is 10.2 Å². The van der Waals surface area contributed by atoms with Gasteiger partial charge in [-0.3, -0.25) is 4.90 Å². The molecule has 0 saturated heterocycles. The number of nitrogens with zero attached hydrogens (tertiary/aromatic N) is 2. The minimum Gasteiger partial charge on any atom is -0.376 e. The first-order valence-electron chi connectivity index (χ1n) is 8.86. The van der Waals surface area contributed by atoms with Gasteiger partial charge in [0.05, 0.1) is 12.5 Å². The Balaban J connectivity index is 2.14. The summed E-state index contributed by atoms with van der Waals surface area (Å²) in [5.74, 6) is 0. The molecule has 2 unspecified atom stereocenters. The molecule has 2 atom stereocenters. The average molecular weight is 392 g/mol. The Morgan fingerprint density at radius 1 is 1.04 bits per heavy atom. The molecule has 0 aromatic heterocycles. The molecule has 150 valence electrons. The fourth-order valence-electron chi connectivity index (χ4n) is 2.81. The summed E-state index contributed by atoms with van der Waals surface area (Å²) in [6, 6.07) is 14.7. The van der Waals surface area contributed by atoms with Crippen molar-refractivity contribution in [1.82, 2.24) is 4.90 Å². The monoisotopic (exact) mass is 392 g/mol. The zero-order valence-corrected chi connectivity index (χ0v) is 15.7. The molecule has 4 nitrogen and oxygen atoms in total. The van der Waals surface area contributed by atoms with Crippen LogP contribution in [0.15, 0.2) is 48.5 Å². The zero-order valence-electron chi connectivity index (χ0n) is 15.7. The molecule has 2 aromatic carbocycles. The van der Waals surface area contributed by atoms with Gasteiger partial charge in [0.2, 0.25) is 0 Å². The van der Waals surface area contributed by atoms with E-state index >= 15 is 0 Å². The van der Waals surface area contributed by atoms with Crippen molar-refractivity contribution in [2.24, 2.45) is 0 Å². The van der Waals surface area contributed by atoms with E-state index < -0.39 is 18.0 Å². The number of benzene rings is 2. The van der Waals surface area contributed by atoms with Crippen LogP contribution < -0.4 is 0 Å². The first-order valence-corrected chi connectivity index (χ1v) is 8.86. The number of aliphatic hydroxyl groups is 2. The molecule has 2 rings (SSSR count). The summed E-state index contributed by atoms with van der Waals surface area (Å²) < 4.78 is 38.9. The fourth-order valence-corrected chi connectivity index (χ4v) is 2.81. The van der Waals surface area contributed by atoms with E-state index in [9.17, 15) is 23.4 Å². The zero-order chi connectivity index (χ0) is 20.9. The van der Waals surface area contributed by atoms with Crippen molar-refractivity contribution in [1.29, 1.82) is 5.26 Å². The molecule has 0 spiro atoms. The summed E-state index contributed by atoms with van der Waals surface area (Å²) >= 11 is 0. The van der Waals surface area contributed by atoms with E-state index in [0.717, 1.165) is 11.1 Å². The molecule has 0 fully saturated rings. The highest BCUT2D eigenvalue weighted by molar-refractivity contribution is 5.29. The Morgan fingerprint density at radius 2 is 1.57 bits per heavy atom. The van der Waals surface area contributed by atoms with Crippen LogP contribution in [0.4, 0.5) is 13.2 Å². The van der Waals surface area contributed by atoms with Gasteiger partial charge in [-0.25, -0.2) is 0 Å². The van der Waals surface area contributed by atoms with Crippen LogP contribution in [0, 0.1) is 11.3 Å². The quantitative estimate of drug-likeness (QED) is 0.698. The van der Waals surface area contributed by atoms with E-state index in [1.165, 1.54) is 24.3 Å². The normalized spacial score (nSPS) is 15.1. The van der Waals surface area contributed by atoms with E-state index in [2.05, 4.69) is 6.07 Å². The van der Waals surface area contributed by atoms with Crippen LogP contribution in [0.25, 0.3) is 0 Å². The summed E-state index contributed by atoms with van der Waals surface area (Å²) in [5.41, 5.74) is -0.954. The fraction of sp³-hybridized carbons (Fsp3) is 0.381. The smallest absolute Gasteiger partial charge is 0.376 e. The molecule has 0 aliphatic heterocycles. The van der Waals surface area contributed by atoms with Crippen molar-refractivity contribution in [2.45, 2.75) is 44.8 Å². The Morgan fingerprint density at radius 3 is 2.04 bits per heavy atom. The lowest BCUT2D eigenvalue weighted by Crippen LogP contribution is -2.39. The molecular weight excluding hydrogens is 369 g/mol. The molecular formula is C21H23F3N2O2. The lowest BCUT2D eigenvalue weighted by molar-refractivity contribution is -0.258. The highest BCUT2D eigenvalue weighted by Gasteiger charge is 2.51. The third-order valence-electron chi connectivity index (χ3n) is 4.77. The summed E-state index contributed by atoms with van der Waals surface area (Å²) in [6.07, 6.45) is -5.47. The highest BCUT2D eigenvalue weighted by atomic mass is 19.4. The maximum Gasteiger partial charge on any atom is 0.421 e. The van der Waals surface area contributed by atoms with Gasteiger partial charge in [-0.2, -0.15) is 18.4 Å². The van der Waals surface area contributed by atoms with Gasteiger partial charge in [-0.05, 0) is 35.7 Å². The lowest BCUT2D eigenvalue weighted by Gasteiger charge is -2.29. The predicted molar refractivity (Wildman–Crippen MR) is 98.9 cm³/mol. The maximum absolute atomic E-state index is 13.0. The Bertz CT molecular complexity index is 810. The van der Waals surface area contributed by atoms with Gasteiger partial charge in [0.1, 0.15) is 6.23 Å². The van der Waals surface area contributed by atoms with Crippen LogP contribution in [0.3, 0.4) is 0 Å². The first-order chi connectivity index (χ1) is 13.1. The number of nitriles is 1. The molecule has 0 aliphatic rings. The number of rotatable bonds is 7. The van der Waals surface area contributed by atoms with Crippen LogP contribution in [0.5, 0.6) is 0 Å². The number of alkyl halides is 3. The lowest BCUT2D eigenvalue weighted by atomic mass is 9.94. The molecule has 0 bridgehead atoms. The molecule has 7 heteroatoms. The van der Waals surface area contributed by atoms with E-state index in [4.69, 9.17) is 5.26 Å². The standard InChI is InChI=1S/C21H23F3N2O2/c1-3-26(14-16-6-4-15(5-7-16)12-13-25)19(27)17-8-10-18(11-9-17)20(2,28)21(22,23)24/h4-11,19,27-28H,3,12,14H2,1-2H3. The third kappa shape index (κ3) is 4.90. The van der Waals surface area contributed by atoms with Crippen LogP contribution >= 0.6 is 0 Å². The summed E-state index contributed by atoms with van der Waals surface area (Å²) in [7, 11) is 0. The molecule has 0 saturated carbocycles. The second-order valence-electron chi connectivity index (χ2n) is 6.78. The number of halogens is 3. The number of aliphatic hydroxyl groups excluding tert-OH is 1. The van der Waals surface area contributed by atoms with Gasteiger partial charge in [0.15, 0.2) is 5.60 Å². The maximum atomic E-state index is 13.0. The van der Waals surface area contributed by atoms with Gasteiger partial charge >= 0.3 is 6.18 Å². The Kier molecular flexibility index (Phi) is 6.83. The van der Waals surface area contributed by atoms with E-state index in [1.54, 1.807) is 4.90 Å². The van der Waals surface area contributed by atoms with E-state index in [-0.39, 0.29) is 5.56 Å². The highest BCUT2D eigenvalue weighted by Crippen LogP contribution is 2.38. The topological polar surface area (TPSA) is 67.5 Å². The van der Waals surface area contributed by atoms with Gasteiger partial charge in [0, 0.05) is 6.54 Å². The largest absolute Gasteiger partial charge is 0.421 e. The first kappa shape index (κ1) is 21.9. The Hall–Kier alpha value is -2.40.